The van der Waals surface area contributed by atoms with E-state index in [0.717, 1.165) is 28.9 Å². The van der Waals surface area contributed by atoms with E-state index in [4.69, 9.17) is 4.74 Å². The maximum Gasteiger partial charge on any atom is 0.123 e. The van der Waals surface area contributed by atoms with Gasteiger partial charge in [0.05, 0.1) is 7.11 Å². The number of methoxy groups -OCH3 is 1. The Labute approximate surface area is 164 Å². The third-order valence-electron chi connectivity index (χ3n) is 4.69. The molecule has 3 aromatic rings. The normalized spacial score (nSPS) is 12.2. The van der Waals surface area contributed by atoms with Crippen LogP contribution in [0.5, 0.6) is 5.75 Å². The molecule has 0 radical (unpaired) electrons. The van der Waals surface area contributed by atoms with Gasteiger partial charge < -0.3 is 15.0 Å². The topological polar surface area (TPSA) is 24.5 Å². The van der Waals surface area contributed by atoms with Crippen LogP contribution in [0.2, 0.25) is 0 Å². The number of hydrogen-bond acceptors (Lipinski definition) is 3. The van der Waals surface area contributed by atoms with Gasteiger partial charge in [-0.2, -0.15) is 0 Å². The highest BCUT2D eigenvalue weighted by molar-refractivity contribution is 9.10. The second kappa shape index (κ2) is 8.56. The lowest BCUT2D eigenvalue weighted by Crippen LogP contribution is -2.39. The maximum absolute atomic E-state index is 5.60. The Kier molecular flexibility index (Phi) is 6.17. The van der Waals surface area contributed by atoms with Crippen LogP contribution in [0.15, 0.2) is 65.1 Å². The number of hydrogen-bond donors (Lipinski definition) is 1. The molecule has 0 bridgehead atoms. The van der Waals surface area contributed by atoms with Crippen molar-refractivity contribution in [1.29, 1.82) is 0 Å². The van der Waals surface area contributed by atoms with Crippen LogP contribution in [0.1, 0.15) is 12.5 Å². The number of rotatable bonds is 7. The summed E-state index contributed by atoms with van der Waals surface area (Å²) in [4.78, 5) is 2.45. The first-order valence-corrected chi connectivity index (χ1v) is 9.64. The molecule has 0 aliphatic carbocycles. The van der Waals surface area contributed by atoms with Gasteiger partial charge in [0.2, 0.25) is 0 Å². The first-order chi connectivity index (χ1) is 12.6. The second-order valence-corrected chi connectivity index (χ2v) is 7.40. The number of anilines is 1. The Balaban J connectivity index is 2.07. The highest BCUT2D eigenvalue weighted by atomic mass is 79.9. The molecule has 0 aromatic heterocycles. The Morgan fingerprint density at radius 3 is 2.62 bits per heavy atom. The van der Waals surface area contributed by atoms with Crippen LogP contribution < -0.4 is 15.0 Å². The summed E-state index contributed by atoms with van der Waals surface area (Å²) in [6, 6.07) is 21.6. The van der Waals surface area contributed by atoms with Gasteiger partial charge in [-0.15, -0.1) is 0 Å². The van der Waals surface area contributed by atoms with E-state index in [1.165, 1.54) is 16.5 Å². The molecule has 0 fully saturated rings. The fourth-order valence-electron chi connectivity index (χ4n) is 3.40. The number of nitrogens with one attached hydrogen (secondary N) is 1. The summed E-state index contributed by atoms with van der Waals surface area (Å²) < 4.78 is 6.66. The summed E-state index contributed by atoms with van der Waals surface area (Å²) in [5.74, 6) is 0.912. The fraction of sp³-hybridized carbons (Fsp3) is 0.273. The van der Waals surface area contributed by atoms with Crippen LogP contribution in [-0.4, -0.2) is 26.7 Å². The van der Waals surface area contributed by atoms with Crippen molar-refractivity contribution in [2.45, 2.75) is 19.5 Å². The molecule has 3 nitrogen and oxygen atoms in total. The molecule has 0 heterocycles. The molecule has 3 aromatic carbocycles. The van der Waals surface area contributed by atoms with Gasteiger partial charge in [0, 0.05) is 40.2 Å². The molecular formula is C22H25BrN2O. The summed E-state index contributed by atoms with van der Waals surface area (Å²) >= 11 is 3.59. The minimum absolute atomic E-state index is 0.328. The predicted octanol–water partition coefficient (Wildman–Crippen LogP) is 5.23. The first kappa shape index (κ1) is 18.7. The molecule has 0 spiro atoms. The van der Waals surface area contributed by atoms with Crippen LogP contribution in [0.4, 0.5) is 5.69 Å². The van der Waals surface area contributed by atoms with Crippen molar-refractivity contribution in [2.75, 3.05) is 25.6 Å². The first-order valence-electron chi connectivity index (χ1n) is 8.85. The Bertz CT molecular complexity index is 876. The largest absolute Gasteiger partial charge is 0.496 e. The SMILES string of the molecule is CNCC(C)N(Cc1cc(Br)ccc1OC)c1cccc2ccccc12. The fourth-order valence-corrected chi connectivity index (χ4v) is 3.81. The lowest BCUT2D eigenvalue weighted by atomic mass is 10.1. The molecule has 136 valence electrons. The molecule has 3 rings (SSSR count). The number of fused-ring (bicyclic) bond motifs is 1. The molecule has 0 amide bonds. The second-order valence-electron chi connectivity index (χ2n) is 6.49. The van der Waals surface area contributed by atoms with E-state index in [1.54, 1.807) is 7.11 Å². The lowest BCUT2D eigenvalue weighted by molar-refractivity contribution is 0.408. The van der Waals surface area contributed by atoms with Crippen molar-refractivity contribution < 1.29 is 4.74 Å². The van der Waals surface area contributed by atoms with E-state index in [1.807, 2.05) is 19.2 Å². The van der Waals surface area contributed by atoms with Gasteiger partial charge in [-0.1, -0.05) is 52.3 Å². The number of benzene rings is 3. The Hall–Kier alpha value is -2.04. The average Bonchev–Trinajstić information content (AvgIpc) is 2.66. The highest BCUT2D eigenvalue weighted by Crippen LogP contribution is 2.32. The summed E-state index contributed by atoms with van der Waals surface area (Å²) in [7, 11) is 3.73. The summed E-state index contributed by atoms with van der Waals surface area (Å²) in [6.45, 7) is 3.93. The number of halogens is 1. The van der Waals surface area contributed by atoms with Gasteiger partial charge in [0.1, 0.15) is 5.75 Å². The minimum Gasteiger partial charge on any atom is -0.496 e. The van der Waals surface area contributed by atoms with Crippen molar-refractivity contribution in [3.63, 3.8) is 0 Å². The predicted molar refractivity (Wildman–Crippen MR) is 114 cm³/mol. The van der Waals surface area contributed by atoms with Crippen LogP contribution >= 0.6 is 15.9 Å². The molecule has 26 heavy (non-hydrogen) atoms. The van der Waals surface area contributed by atoms with E-state index in [-0.39, 0.29) is 0 Å². The van der Waals surface area contributed by atoms with Gasteiger partial charge in [0.25, 0.3) is 0 Å². The van der Waals surface area contributed by atoms with Crippen molar-refractivity contribution in [1.82, 2.24) is 5.32 Å². The summed E-state index contributed by atoms with van der Waals surface area (Å²) in [6.07, 6.45) is 0. The Morgan fingerprint density at radius 1 is 1.08 bits per heavy atom. The molecule has 4 heteroatoms. The van der Waals surface area contributed by atoms with E-state index in [2.05, 4.69) is 81.6 Å². The van der Waals surface area contributed by atoms with Crippen molar-refractivity contribution >= 4 is 32.4 Å². The molecule has 0 aliphatic rings. The number of likely N-dealkylation sites (N-methyl/N-ethyl adjacent to an activating group) is 1. The van der Waals surface area contributed by atoms with E-state index >= 15 is 0 Å². The standard InChI is InChI=1S/C22H25BrN2O/c1-16(14-24-2)25(15-18-13-19(23)11-12-22(18)26-3)21-10-6-8-17-7-4-5-9-20(17)21/h4-13,16,24H,14-15H2,1-3H3. The van der Waals surface area contributed by atoms with Crippen LogP contribution in [0.25, 0.3) is 10.8 Å². The zero-order chi connectivity index (χ0) is 18.5. The van der Waals surface area contributed by atoms with Gasteiger partial charge in [-0.3, -0.25) is 0 Å². The van der Waals surface area contributed by atoms with Crippen molar-refractivity contribution in [2.24, 2.45) is 0 Å². The monoisotopic (exact) mass is 412 g/mol. The third kappa shape index (κ3) is 4.02. The van der Waals surface area contributed by atoms with Crippen LogP contribution in [0.3, 0.4) is 0 Å². The Morgan fingerprint density at radius 2 is 1.85 bits per heavy atom. The van der Waals surface area contributed by atoms with Gasteiger partial charge >= 0.3 is 0 Å². The quantitative estimate of drug-likeness (QED) is 0.575. The average molecular weight is 413 g/mol. The number of nitrogens with zero attached hydrogens (tertiary/aromatic N) is 1. The third-order valence-corrected chi connectivity index (χ3v) is 5.18. The molecular weight excluding hydrogens is 388 g/mol. The molecule has 1 atom stereocenters. The van der Waals surface area contributed by atoms with Crippen molar-refractivity contribution in [3.8, 4) is 5.75 Å². The van der Waals surface area contributed by atoms with Crippen LogP contribution in [-0.2, 0) is 6.54 Å². The van der Waals surface area contributed by atoms with E-state index < -0.39 is 0 Å². The zero-order valence-corrected chi connectivity index (χ0v) is 17.1. The molecule has 1 N–H and O–H groups in total. The molecule has 0 aliphatic heterocycles. The summed E-state index contributed by atoms with van der Waals surface area (Å²) in [5.41, 5.74) is 2.41. The minimum atomic E-state index is 0.328. The van der Waals surface area contributed by atoms with Crippen molar-refractivity contribution in [3.05, 3.63) is 70.7 Å². The molecule has 0 saturated heterocycles. The lowest BCUT2D eigenvalue weighted by Gasteiger charge is -2.33. The number of ether oxygens (including phenoxy) is 1. The van der Waals surface area contributed by atoms with E-state index in [9.17, 15) is 0 Å². The maximum atomic E-state index is 5.60. The zero-order valence-electron chi connectivity index (χ0n) is 15.5. The molecule has 0 saturated carbocycles. The summed E-state index contributed by atoms with van der Waals surface area (Å²) in [5, 5.41) is 5.84. The van der Waals surface area contributed by atoms with E-state index in [0.29, 0.717) is 6.04 Å². The van der Waals surface area contributed by atoms with Crippen LogP contribution in [0, 0.1) is 0 Å². The van der Waals surface area contributed by atoms with Gasteiger partial charge in [0.15, 0.2) is 0 Å². The van der Waals surface area contributed by atoms with Gasteiger partial charge in [-0.25, -0.2) is 0 Å². The molecule has 1 unspecified atom stereocenters. The highest BCUT2D eigenvalue weighted by Gasteiger charge is 2.18. The smallest absolute Gasteiger partial charge is 0.123 e. The van der Waals surface area contributed by atoms with Gasteiger partial charge in [-0.05, 0) is 43.6 Å².